The topological polar surface area (TPSA) is 24.4 Å². The molecular formula is C15H28N2. The van der Waals surface area contributed by atoms with Gasteiger partial charge in [-0.2, -0.15) is 0 Å². The summed E-state index contributed by atoms with van der Waals surface area (Å²) in [5.41, 5.74) is 1.96. The van der Waals surface area contributed by atoms with Gasteiger partial charge in [0, 0.05) is 24.7 Å². The summed E-state index contributed by atoms with van der Waals surface area (Å²) in [6.07, 6.45) is 4.23. The lowest BCUT2D eigenvalue weighted by atomic mass is 9.82. The van der Waals surface area contributed by atoms with Gasteiger partial charge in [-0.1, -0.05) is 27.2 Å². The van der Waals surface area contributed by atoms with Gasteiger partial charge >= 0.3 is 0 Å². The van der Waals surface area contributed by atoms with Gasteiger partial charge in [-0.25, -0.2) is 0 Å². The van der Waals surface area contributed by atoms with E-state index in [4.69, 9.17) is 0 Å². The molecule has 0 bridgehead atoms. The Hall–Kier alpha value is -0.370. The molecule has 2 aliphatic carbocycles. The molecule has 0 heterocycles. The number of nitrogens with one attached hydrogen (secondary N) is 1. The van der Waals surface area contributed by atoms with Crippen molar-refractivity contribution < 1.29 is 0 Å². The summed E-state index contributed by atoms with van der Waals surface area (Å²) in [6, 6.07) is 0.612. The lowest BCUT2D eigenvalue weighted by molar-refractivity contribution is 0.259. The Labute approximate surface area is 106 Å². The van der Waals surface area contributed by atoms with E-state index < -0.39 is 0 Å². The monoisotopic (exact) mass is 236 g/mol. The Bertz CT molecular complexity index is 308. The largest absolute Gasteiger partial charge is 0.314 e. The predicted octanol–water partition coefficient (Wildman–Crippen LogP) is 3.13. The zero-order chi connectivity index (χ0) is 12.6. The lowest BCUT2D eigenvalue weighted by Gasteiger charge is -2.26. The van der Waals surface area contributed by atoms with Crippen LogP contribution in [0.4, 0.5) is 0 Å². The first-order chi connectivity index (χ1) is 8.00. The Morgan fingerprint density at radius 3 is 2.76 bits per heavy atom. The smallest absolute Gasteiger partial charge is 0.0276 e. The molecule has 98 valence electrons. The Balaban J connectivity index is 2.02. The summed E-state index contributed by atoms with van der Waals surface area (Å²) in [5.74, 6) is 2.54. The van der Waals surface area contributed by atoms with Gasteiger partial charge in [0.15, 0.2) is 0 Å². The minimum atomic E-state index is 0.575. The van der Waals surface area contributed by atoms with Crippen molar-refractivity contribution in [2.75, 3.05) is 13.6 Å². The van der Waals surface area contributed by atoms with Crippen molar-refractivity contribution in [3.8, 4) is 0 Å². The summed E-state index contributed by atoms with van der Waals surface area (Å²) in [5, 5.41) is 3.63. The number of rotatable bonds is 4. The van der Waals surface area contributed by atoms with E-state index in [1.807, 2.05) is 7.05 Å². The fourth-order valence-electron chi connectivity index (χ4n) is 4.15. The molecule has 0 aromatic heterocycles. The van der Waals surface area contributed by atoms with Crippen LogP contribution in [0.15, 0.2) is 4.99 Å². The predicted molar refractivity (Wildman–Crippen MR) is 74.6 cm³/mol. The van der Waals surface area contributed by atoms with Crippen molar-refractivity contribution in [2.24, 2.45) is 28.2 Å². The molecule has 0 aromatic carbocycles. The Kier molecular flexibility index (Phi) is 3.63. The highest BCUT2D eigenvalue weighted by Gasteiger charge is 2.65. The van der Waals surface area contributed by atoms with Crippen molar-refractivity contribution in [2.45, 2.75) is 53.0 Å². The molecule has 0 aromatic rings. The Morgan fingerprint density at radius 1 is 1.47 bits per heavy atom. The average Bonchev–Trinajstić information content (AvgIpc) is 2.91. The zero-order valence-corrected chi connectivity index (χ0v) is 12.1. The number of aliphatic imine (C=N–C) groups is 1. The van der Waals surface area contributed by atoms with Crippen molar-refractivity contribution in [1.29, 1.82) is 0 Å². The summed E-state index contributed by atoms with van der Waals surface area (Å²) in [4.78, 5) is 4.45. The van der Waals surface area contributed by atoms with Crippen LogP contribution in [0.1, 0.15) is 47.0 Å². The van der Waals surface area contributed by atoms with E-state index in [9.17, 15) is 0 Å². The number of hydrogen-bond acceptors (Lipinski definition) is 2. The molecule has 2 aliphatic rings. The van der Waals surface area contributed by atoms with Gasteiger partial charge in [0.25, 0.3) is 0 Å². The van der Waals surface area contributed by atoms with E-state index in [2.05, 4.69) is 38.0 Å². The SMILES string of the molecule is C/N=C(\C)[C@@H]1C2C(CNC(C)C)CCCC21C. The van der Waals surface area contributed by atoms with Crippen LogP contribution in [-0.4, -0.2) is 25.3 Å². The number of hydrogen-bond donors (Lipinski definition) is 1. The summed E-state index contributed by atoms with van der Waals surface area (Å²) < 4.78 is 0. The van der Waals surface area contributed by atoms with Crippen LogP contribution in [0.2, 0.25) is 0 Å². The van der Waals surface area contributed by atoms with Crippen LogP contribution < -0.4 is 5.32 Å². The minimum absolute atomic E-state index is 0.575. The normalized spacial score (nSPS) is 41.5. The van der Waals surface area contributed by atoms with Crippen LogP contribution in [-0.2, 0) is 0 Å². The molecule has 2 nitrogen and oxygen atoms in total. The molecule has 2 rings (SSSR count). The van der Waals surface area contributed by atoms with Crippen LogP contribution in [0, 0.1) is 23.2 Å². The molecule has 3 unspecified atom stereocenters. The van der Waals surface area contributed by atoms with E-state index in [-0.39, 0.29) is 0 Å². The molecule has 0 aliphatic heterocycles. The average molecular weight is 236 g/mol. The first-order valence-corrected chi connectivity index (χ1v) is 7.17. The van der Waals surface area contributed by atoms with Crippen molar-refractivity contribution in [1.82, 2.24) is 5.32 Å². The fourth-order valence-corrected chi connectivity index (χ4v) is 4.15. The third-order valence-electron chi connectivity index (χ3n) is 5.11. The molecule has 1 N–H and O–H groups in total. The van der Waals surface area contributed by atoms with Gasteiger partial charge in [-0.05, 0) is 43.6 Å². The molecule has 2 saturated carbocycles. The molecule has 0 radical (unpaired) electrons. The van der Waals surface area contributed by atoms with E-state index in [1.54, 1.807) is 0 Å². The minimum Gasteiger partial charge on any atom is -0.314 e. The third kappa shape index (κ3) is 2.29. The molecule has 2 fully saturated rings. The second-order valence-electron chi connectivity index (χ2n) is 6.59. The van der Waals surface area contributed by atoms with Crippen molar-refractivity contribution in [3.05, 3.63) is 0 Å². The zero-order valence-electron chi connectivity index (χ0n) is 12.1. The molecule has 2 heteroatoms. The molecule has 0 saturated heterocycles. The highest BCUT2D eigenvalue weighted by atomic mass is 14.9. The maximum Gasteiger partial charge on any atom is 0.0276 e. The van der Waals surface area contributed by atoms with Gasteiger partial charge in [-0.3, -0.25) is 4.99 Å². The third-order valence-corrected chi connectivity index (χ3v) is 5.11. The first kappa shape index (κ1) is 13.1. The number of nitrogens with zero attached hydrogens (tertiary/aromatic N) is 1. The number of fused-ring (bicyclic) bond motifs is 1. The first-order valence-electron chi connectivity index (χ1n) is 7.17. The maximum absolute atomic E-state index is 4.45. The fraction of sp³-hybridized carbons (Fsp3) is 0.933. The van der Waals surface area contributed by atoms with Gasteiger partial charge in [0.1, 0.15) is 0 Å². The highest BCUT2D eigenvalue weighted by molar-refractivity contribution is 5.88. The molecule has 0 amide bonds. The van der Waals surface area contributed by atoms with E-state index in [1.165, 1.54) is 31.5 Å². The molecule has 0 spiro atoms. The summed E-state index contributed by atoms with van der Waals surface area (Å²) >= 11 is 0. The molecule has 4 atom stereocenters. The quantitative estimate of drug-likeness (QED) is 0.745. The maximum atomic E-state index is 4.45. The Morgan fingerprint density at radius 2 is 2.18 bits per heavy atom. The van der Waals surface area contributed by atoms with E-state index >= 15 is 0 Å². The highest BCUT2D eigenvalue weighted by Crippen LogP contribution is 2.68. The van der Waals surface area contributed by atoms with E-state index in [0.717, 1.165) is 17.8 Å². The molecule has 17 heavy (non-hydrogen) atoms. The molecular weight excluding hydrogens is 208 g/mol. The van der Waals surface area contributed by atoms with Gasteiger partial charge < -0.3 is 5.32 Å². The van der Waals surface area contributed by atoms with Gasteiger partial charge in [0.2, 0.25) is 0 Å². The van der Waals surface area contributed by atoms with Crippen molar-refractivity contribution >= 4 is 5.71 Å². The van der Waals surface area contributed by atoms with E-state index in [0.29, 0.717) is 11.5 Å². The van der Waals surface area contributed by atoms with Crippen LogP contribution in [0.3, 0.4) is 0 Å². The van der Waals surface area contributed by atoms with Gasteiger partial charge in [-0.15, -0.1) is 0 Å². The van der Waals surface area contributed by atoms with Crippen molar-refractivity contribution in [3.63, 3.8) is 0 Å². The second kappa shape index (κ2) is 4.72. The second-order valence-corrected chi connectivity index (χ2v) is 6.59. The lowest BCUT2D eigenvalue weighted by Crippen LogP contribution is -2.32. The van der Waals surface area contributed by atoms with Crippen LogP contribution in [0.25, 0.3) is 0 Å². The van der Waals surface area contributed by atoms with Gasteiger partial charge in [0.05, 0.1) is 0 Å². The summed E-state index contributed by atoms with van der Waals surface area (Å²) in [7, 11) is 1.95. The standard InChI is InChI=1S/C15H28N2/c1-10(2)17-9-12-7-6-8-15(4)13(14(12)15)11(3)16-5/h10,12-14,17H,6-9H2,1-5H3/b16-11+/t12?,13-,14?,15?/m1/s1. The summed E-state index contributed by atoms with van der Waals surface area (Å²) in [6.45, 7) is 10.4. The van der Waals surface area contributed by atoms with Crippen LogP contribution >= 0.6 is 0 Å². The van der Waals surface area contributed by atoms with Crippen LogP contribution in [0.5, 0.6) is 0 Å².